The minimum absolute atomic E-state index is 0.0214. The van der Waals surface area contributed by atoms with Gasteiger partial charge in [0.05, 0.1) is 29.5 Å². The summed E-state index contributed by atoms with van der Waals surface area (Å²) in [5.41, 5.74) is 1.93. The third kappa shape index (κ3) is 2.46. The van der Waals surface area contributed by atoms with E-state index in [-0.39, 0.29) is 5.56 Å². The maximum absolute atomic E-state index is 13.6. The monoisotopic (exact) mass is 400 g/mol. The number of nitrogens with one attached hydrogen (secondary N) is 1. The lowest BCUT2D eigenvalue weighted by Crippen LogP contribution is -3.08. The van der Waals surface area contributed by atoms with Crippen molar-refractivity contribution in [3.63, 3.8) is 0 Å². The fourth-order valence-corrected chi connectivity index (χ4v) is 5.49. The number of fused-ring (bicyclic) bond motifs is 5. The molecule has 0 radical (unpaired) electrons. The molecular formula is C19H19ClN5OS+. The van der Waals surface area contributed by atoms with Gasteiger partial charge in [-0.05, 0) is 29.8 Å². The third-order valence-corrected chi connectivity index (χ3v) is 6.74. The first-order valence-corrected chi connectivity index (χ1v) is 10.3. The fraction of sp³-hybridized carbons (Fsp3) is 0.316. The van der Waals surface area contributed by atoms with E-state index in [1.165, 1.54) is 15.3 Å². The molecule has 138 valence electrons. The number of hydrogen-bond donors (Lipinski definition) is 1. The number of thiophene rings is 1. The Hall–Kier alpha value is -2.22. The molecule has 0 saturated heterocycles. The van der Waals surface area contributed by atoms with Gasteiger partial charge in [0.25, 0.3) is 5.56 Å². The Morgan fingerprint density at radius 2 is 2.04 bits per heavy atom. The zero-order chi connectivity index (χ0) is 18.7. The van der Waals surface area contributed by atoms with Crippen molar-refractivity contribution in [3.8, 4) is 5.69 Å². The molecule has 1 aliphatic heterocycles. The van der Waals surface area contributed by atoms with Crippen LogP contribution < -0.4 is 10.5 Å². The van der Waals surface area contributed by atoms with E-state index in [0.29, 0.717) is 10.8 Å². The van der Waals surface area contributed by atoms with Gasteiger partial charge in [-0.15, -0.1) is 21.5 Å². The van der Waals surface area contributed by atoms with Crippen LogP contribution in [-0.4, -0.2) is 32.8 Å². The second-order valence-electron chi connectivity index (χ2n) is 7.04. The first kappa shape index (κ1) is 16.9. The Morgan fingerprint density at radius 3 is 2.78 bits per heavy atom. The number of rotatable bonds is 2. The van der Waals surface area contributed by atoms with Crippen molar-refractivity contribution in [2.75, 3.05) is 13.6 Å². The zero-order valence-electron chi connectivity index (χ0n) is 15.1. The van der Waals surface area contributed by atoms with Crippen molar-refractivity contribution < 1.29 is 4.90 Å². The lowest BCUT2D eigenvalue weighted by atomic mass is 10.1. The fourth-order valence-electron chi connectivity index (χ4n) is 3.90. The topological polar surface area (TPSA) is 56.6 Å². The highest BCUT2D eigenvalue weighted by molar-refractivity contribution is 7.18. The van der Waals surface area contributed by atoms with E-state index in [4.69, 9.17) is 11.6 Å². The molecule has 4 aromatic rings. The summed E-state index contributed by atoms with van der Waals surface area (Å²) in [6.45, 7) is 4.06. The Morgan fingerprint density at radius 1 is 1.26 bits per heavy atom. The first-order chi connectivity index (χ1) is 13.1. The van der Waals surface area contributed by atoms with Crippen molar-refractivity contribution in [3.05, 3.63) is 55.9 Å². The molecule has 0 fully saturated rings. The van der Waals surface area contributed by atoms with E-state index in [0.717, 1.165) is 47.7 Å². The van der Waals surface area contributed by atoms with E-state index < -0.39 is 0 Å². The van der Waals surface area contributed by atoms with E-state index in [9.17, 15) is 4.79 Å². The van der Waals surface area contributed by atoms with Crippen LogP contribution in [0.3, 0.4) is 0 Å². The normalized spacial score (nSPS) is 16.9. The maximum atomic E-state index is 13.6. The molecule has 27 heavy (non-hydrogen) atoms. The van der Waals surface area contributed by atoms with Gasteiger partial charge in [-0.25, -0.2) is 4.57 Å². The molecule has 1 N–H and O–H groups in total. The van der Waals surface area contributed by atoms with Gasteiger partial charge in [-0.2, -0.15) is 0 Å². The highest BCUT2D eigenvalue weighted by atomic mass is 35.5. The molecule has 0 saturated carbocycles. The number of hydrogen-bond acceptors (Lipinski definition) is 4. The molecule has 6 nitrogen and oxygen atoms in total. The average Bonchev–Trinajstić information content (AvgIpc) is 3.24. The van der Waals surface area contributed by atoms with Crippen LogP contribution in [-0.2, 0) is 19.4 Å². The summed E-state index contributed by atoms with van der Waals surface area (Å²) < 4.78 is 3.73. The lowest BCUT2D eigenvalue weighted by molar-refractivity contribution is -0.895. The molecule has 8 heteroatoms. The standard InChI is InChI=1S/C19H18ClN5OS/c1-3-15-21-22-19-24(12-6-4-11(20)5-7-12)17(26)16-13-8-9-23(2)10-14(13)27-18(16)25(15)19/h4-7H,3,8-10H2,1-2H3/p+1. The average molecular weight is 401 g/mol. The Labute approximate surface area is 164 Å². The summed E-state index contributed by atoms with van der Waals surface area (Å²) in [5, 5.41) is 10.2. The summed E-state index contributed by atoms with van der Waals surface area (Å²) in [4.78, 5) is 17.3. The maximum Gasteiger partial charge on any atom is 0.268 e. The van der Waals surface area contributed by atoms with Crippen molar-refractivity contribution in [2.24, 2.45) is 0 Å². The van der Waals surface area contributed by atoms with E-state index >= 15 is 0 Å². The van der Waals surface area contributed by atoms with Gasteiger partial charge in [0.1, 0.15) is 17.2 Å². The highest BCUT2D eigenvalue weighted by Gasteiger charge is 2.27. The second-order valence-corrected chi connectivity index (χ2v) is 8.56. The first-order valence-electron chi connectivity index (χ1n) is 9.09. The molecule has 1 aromatic carbocycles. The van der Waals surface area contributed by atoms with E-state index in [1.54, 1.807) is 28.0 Å². The number of aryl methyl sites for hydroxylation is 1. The van der Waals surface area contributed by atoms with Crippen LogP contribution in [0.15, 0.2) is 29.1 Å². The predicted octanol–water partition coefficient (Wildman–Crippen LogP) is 1.88. The van der Waals surface area contributed by atoms with Crippen molar-refractivity contribution in [2.45, 2.75) is 26.3 Å². The number of halogens is 1. The van der Waals surface area contributed by atoms with E-state index in [2.05, 4.69) is 28.6 Å². The lowest BCUT2D eigenvalue weighted by Gasteiger charge is -2.19. The Balaban J connectivity index is 1.95. The minimum Gasteiger partial charge on any atom is -0.333 e. The molecule has 0 aliphatic carbocycles. The predicted molar refractivity (Wildman–Crippen MR) is 108 cm³/mol. The van der Waals surface area contributed by atoms with Gasteiger partial charge in [0.15, 0.2) is 0 Å². The van der Waals surface area contributed by atoms with Crippen molar-refractivity contribution in [1.82, 2.24) is 19.2 Å². The second kappa shape index (κ2) is 6.15. The third-order valence-electron chi connectivity index (χ3n) is 5.27. The van der Waals surface area contributed by atoms with Crippen molar-refractivity contribution >= 4 is 38.9 Å². The number of nitrogens with zero attached hydrogens (tertiary/aromatic N) is 4. The summed E-state index contributed by atoms with van der Waals surface area (Å²) in [7, 11) is 2.20. The Bertz CT molecular complexity index is 1240. The number of aromatic nitrogens is 4. The van der Waals surface area contributed by atoms with Crippen LogP contribution in [0.25, 0.3) is 21.7 Å². The summed E-state index contributed by atoms with van der Waals surface area (Å²) in [6, 6.07) is 7.30. The number of likely N-dealkylation sites (N-methyl/N-ethyl adjacent to an activating group) is 1. The molecule has 1 unspecified atom stereocenters. The zero-order valence-corrected chi connectivity index (χ0v) is 16.7. The SMILES string of the molecule is CCc1nnc2n(-c3ccc(Cl)cc3)c(=O)c3c4c(sc3n12)C[NH+](C)CC4. The molecule has 5 rings (SSSR count). The summed E-state index contributed by atoms with van der Waals surface area (Å²) >= 11 is 7.76. The smallest absolute Gasteiger partial charge is 0.268 e. The van der Waals surface area contributed by atoms with Gasteiger partial charge >= 0.3 is 0 Å². The Kier molecular flexibility index (Phi) is 3.86. The summed E-state index contributed by atoms with van der Waals surface area (Å²) in [5.74, 6) is 1.43. The molecule has 0 amide bonds. The van der Waals surface area contributed by atoms with Gasteiger partial charge in [-0.1, -0.05) is 18.5 Å². The van der Waals surface area contributed by atoms with Gasteiger partial charge in [0, 0.05) is 17.9 Å². The molecule has 0 spiro atoms. The quantitative estimate of drug-likeness (QED) is 0.559. The van der Waals surface area contributed by atoms with Gasteiger partial charge in [0.2, 0.25) is 5.78 Å². The van der Waals surface area contributed by atoms with Crippen LogP contribution in [0.4, 0.5) is 0 Å². The van der Waals surface area contributed by atoms with Crippen LogP contribution >= 0.6 is 22.9 Å². The van der Waals surface area contributed by atoms with Crippen LogP contribution in [0.2, 0.25) is 5.02 Å². The number of quaternary nitrogens is 1. The number of benzene rings is 1. The molecule has 3 aromatic heterocycles. The molecule has 0 bridgehead atoms. The van der Waals surface area contributed by atoms with E-state index in [1.807, 2.05) is 12.1 Å². The van der Waals surface area contributed by atoms with Gasteiger partial charge in [-0.3, -0.25) is 9.20 Å². The highest BCUT2D eigenvalue weighted by Crippen LogP contribution is 2.32. The molecule has 4 heterocycles. The molecule has 1 aliphatic rings. The van der Waals surface area contributed by atoms with Gasteiger partial charge < -0.3 is 4.90 Å². The van der Waals surface area contributed by atoms with Crippen LogP contribution in [0.5, 0.6) is 0 Å². The van der Waals surface area contributed by atoms with Crippen molar-refractivity contribution in [1.29, 1.82) is 0 Å². The van der Waals surface area contributed by atoms with Crippen LogP contribution in [0, 0.1) is 0 Å². The molecular weight excluding hydrogens is 382 g/mol. The summed E-state index contributed by atoms with van der Waals surface area (Å²) in [6.07, 6.45) is 1.68. The minimum atomic E-state index is -0.0214. The molecule has 1 atom stereocenters. The van der Waals surface area contributed by atoms with Crippen LogP contribution in [0.1, 0.15) is 23.2 Å². The largest absolute Gasteiger partial charge is 0.333 e.